The molecule has 5 heteroatoms. The highest BCUT2D eigenvalue weighted by molar-refractivity contribution is 6.62. The Morgan fingerprint density at radius 2 is 1.55 bits per heavy atom. The van der Waals surface area contributed by atoms with Crippen molar-refractivity contribution < 1.29 is 17.7 Å². The molecule has 0 N–H and O–H groups in total. The maximum absolute atomic E-state index is 13.1. The molecule has 0 saturated heterocycles. The van der Waals surface area contributed by atoms with Gasteiger partial charge in [-0.15, -0.1) is 0 Å². The molecule has 0 rings (SSSR count). The summed E-state index contributed by atoms with van der Waals surface area (Å²) < 4.78 is 27.9. The summed E-state index contributed by atoms with van der Waals surface area (Å²) in [7, 11) is 1.23. The number of hydrogen-bond donors (Lipinski definition) is 0. The van der Waals surface area contributed by atoms with Crippen LogP contribution in [0.4, 0.5) is 4.39 Å². The Labute approximate surface area is 67.8 Å². The van der Waals surface area contributed by atoms with Crippen molar-refractivity contribution in [3.63, 3.8) is 0 Å². The van der Waals surface area contributed by atoms with Gasteiger partial charge in [-0.2, -0.15) is 0 Å². The van der Waals surface area contributed by atoms with Gasteiger partial charge in [0.1, 0.15) is 0 Å². The van der Waals surface area contributed by atoms with E-state index in [1.54, 1.807) is 6.92 Å². The Bertz CT molecular complexity index is 99.7. The van der Waals surface area contributed by atoms with E-state index in [0.717, 1.165) is 0 Å². The van der Waals surface area contributed by atoms with Gasteiger partial charge in [0, 0.05) is 21.3 Å². The minimum Gasteiger partial charge on any atom is -0.375 e. The summed E-state index contributed by atoms with van der Waals surface area (Å²) in [4.78, 5) is 0. The fourth-order valence-corrected chi connectivity index (χ4v) is 2.65. The summed E-state index contributed by atoms with van der Waals surface area (Å²) in [6, 6.07) is 0. The second kappa shape index (κ2) is 4.81. The van der Waals surface area contributed by atoms with Crippen LogP contribution in [0.25, 0.3) is 0 Å². The highest BCUT2D eigenvalue weighted by Crippen LogP contribution is 2.17. The van der Waals surface area contributed by atoms with Crippen LogP contribution >= 0.6 is 0 Å². The molecule has 0 spiro atoms. The Hall–Kier alpha value is 0.0269. The fraction of sp³-hybridized carbons (Fsp3) is 1.00. The Kier molecular flexibility index (Phi) is 4.83. The lowest BCUT2D eigenvalue weighted by Crippen LogP contribution is -2.52. The first-order valence-electron chi connectivity index (χ1n) is 3.46. The summed E-state index contributed by atoms with van der Waals surface area (Å²) >= 11 is 0. The lowest BCUT2D eigenvalue weighted by molar-refractivity contribution is 0.0873. The van der Waals surface area contributed by atoms with Crippen molar-refractivity contribution >= 4 is 8.80 Å². The minimum atomic E-state index is -2.99. The third kappa shape index (κ3) is 2.23. The lowest BCUT2D eigenvalue weighted by atomic mass is 10.5. The zero-order valence-electron chi connectivity index (χ0n) is 7.39. The third-order valence-electron chi connectivity index (χ3n) is 1.60. The Morgan fingerprint density at radius 3 is 1.64 bits per heavy atom. The summed E-state index contributed by atoms with van der Waals surface area (Å²) in [5.41, 5.74) is 0. The van der Waals surface area contributed by atoms with Gasteiger partial charge in [-0.3, -0.25) is 0 Å². The third-order valence-corrected chi connectivity index (χ3v) is 4.48. The predicted octanol–water partition coefficient (Wildman–Crippen LogP) is 1.15. The van der Waals surface area contributed by atoms with Crippen LogP contribution in [0, 0.1) is 0 Å². The summed E-state index contributed by atoms with van der Waals surface area (Å²) in [6.07, 6.45) is 0.349. The largest absolute Gasteiger partial charge is 0.536 e. The van der Waals surface area contributed by atoms with Gasteiger partial charge in [-0.1, -0.05) is 6.92 Å². The van der Waals surface area contributed by atoms with Crippen molar-refractivity contribution in [3.05, 3.63) is 0 Å². The van der Waals surface area contributed by atoms with Crippen LogP contribution in [0.2, 0.25) is 0 Å². The van der Waals surface area contributed by atoms with Crippen LogP contribution in [0.5, 0.6) is 0 Å². The standard InChI is InChI=1S/C6H15FO3Si/c1-5-6(7)11(8-2,9-3)10-4/h6H,5H2,1-4H3. The molecule has 1 atom stereocenters. The van der Waals surface area contributed by atoms with Crippen LogP contribution in [0.15, 0.2) is 0 Å². The van der Waals surface area contributed by atoms with Gasteiger partial charge >= 0.3 is 8.80 Å². The topological polar surface area (TPSA) is 27.7 Å². The summed E-state index contributed by atoms with van der Waals surface area (Å²) in [6.45, 7) is 1.73. The molecule has 0 bridgehead atoms. The van der Waals surface area contributed by atoms with E-state index < -0.39 is 14.6 Å². The molecule has 0 aliphatic heterocycles. The SMILES string of the molecule is CCC(F)[Si](OC)(OC)OC. The van der Waals surface area contributed by atoms with E-state index in [0.29, 0.717) is 6.42 Å². The quantitative estimate of drug-likeness (QED) is 0.597. The van der Waals surface area contributed by atoms with E-state index in [-0.39, 0.29) is 0 Å². The average Bonchev–Trinajstić information content (AvgIpc) is 2.08. The molecule has 0 heterocycles. The van der Waals surface area contributed by atoms with Crippen molar-refractivity contribution in [1.82, 2.24) is 0 Å². The van der Waals surface area contributed by atoms with Crippen LogP contribution in [0.1, 0.15) is 13.3 Å². The molecule has 0 fully saturated rings. The molecular weight excluding hydrogens is 167 g/mol. The summed E-state index contributed by atoms with van der Waals surface area (Å²) in [5, 5.41) is 0. The van der Waals surface area contributed by atoms with E-state index in [9.17, 15) is 4.39 Å². The maximum Gasteiger partial charge on any atom is 0.536 e. The van der Waals surface area contributed by atoms with Crippen molar-refractivity contribution in [1.29, 1.82) is 0 Å². The number of halogens is 1. The highest BCUT2D eigenvalue weighted by atomic mass is 28.4. The molecule has 0 aromatic heterocycles. The van der Waals surface area contributed by atoms with Crippen molar-refractivity contribution in [2.75, 3.05) is 21.3 Å². The monoisotopic (exact) mass is 182 g/mol. The zero-order chi connectivity index (χ0) is 8.91. The first-order chi connectivity index (χ1) is 5.16. The maximum atomic E-state index is 13.1. The van der Waals surface area contributed by atoms with E-state index in [1.165, 1.54) is 21.3 Å². The van der Waals surface area contributed by atoms with Gasteiger partial charge in [-0.05, 0) is 6.42 Å². The van der Waals surface area contributed by atoms with Crippen molar-refractivity contribution in [3.8, 4) is 0 Å². The van der Waals surface area contributed by atoms with Crippen LogP contribution < -0.4 is 0 Å². The fourth-order valence-electron chi connectivity index (χ4n) is 0.884. The Morgan fingerprint density at radius 1 is 1.18 bits per heavy atom. The smallest absolute Gasteiger partial charge is 0.375 e. The molecule has 0 aliphatic carbocycles. The molecule has 0 radical (unpaired) electrons. The molecular formula is C6H15FO3Si. The van der Waals surface area contributed by atoms with E-state index in [2.05, 4.69) is 0 Å². The van der Waals surface area contributed by atoms with Crippen LogP contribution in [-0.2, 0) is 13.3 Å². The molecule has 0 amide bonds. The van der Waals surface area contributed by atoms with E-state index >= 15 is 0 Å². The lowest BCUT2D eigenvalue weighted by Gasteiger charge is -2.26. The summed E-state index contributed by atoms with van der Waals surface area (Å²) in [5.74, 6) is -1.14. The van der Waals surface area contributed by atoms with E-state index in [4.69, 9.17) is 13.3 Å². The molecule has 0 aromatic rings. The van der Waals surface area contributed by atoms with Crippen molar-refractivity contribution in [2.24, 2.45) is 0 Å². The molecule has 0 aliphatic rings. The van der Waals surface area contributed by atoms with Crippen LogP contribution in [-0.4, -0.2) is 35.9 Å². The minimum absolute atomic E-state index is 0.349. The molecule has 1 unspecified atom stereocenters. The van der Waals surface area contributed by atoms with Gasteiger partial charge in [0.05, 0.1) is 0 Å². The normalized spacial score (nSPS) is 15.0. The molecule has 0 aromatic carbocycles. The zero-order valence-corrected chi connectivity index (χ0v) is 8.39. The predicted molar refractivity (Wildman–Crippen MR) is 42.0 cm³/mol. The molecule has 68 valence electrons. The molecule has 11 heavy (non-hydrogen) atoms. The van der Waals surface area contributed by atoms with Gasteiger partial charge in [0.2, 0.25) is 0 Å². The van der Waals surface area contributed by atoms with Gasteiger partial charge in [-0.25, -0.2) is 4.39 Å². The number of hydrogen-bond acceptors (Lipinski definition) is 3. The van der Waals surface area contributed by atoms with Crippen molar-refractivity contribution in [2.45, 2.75) is 19.1 Å². The van der Waals surface area contributed by atoms with Gasteiger partial charge < -0.3 is 13.3 Å². The van der Waals surface area contributed by atoms with Crippen LogP contribution in [0.3, 0.4) is 0 Å². The van der Waals surface area contributed by atoms with Gasteiger partial charge in [0.25, 0.3) is 0 Å². The van der Waals surface area contributed by atoms with E-state index in [1.807, 2.05) is 0 Å². The number of alkyl halides is 1. The second-order valence-corrected chi connectivity index (χ2v) is 5.15. The molecule has 0 saturated carbocycles. The first kappa shape index (κ1) is 11.0. The Balaban J connectivity index is 4.26. The first-order valence-corrected chi connectivity index (χ1v) is 5.26. The van der Waals surface area contributed by atoms with Gasteiger partial charge in [0.15, 0.2) is 5.79 Å². The number of rotatable bonds is 5. The second-order valence-electron chi connectivity index (χ2n) is 2.09. The molecule has 3 nitrogen and oxygen atoms in total. The average molecular weight is 182 g/mol. The highest BCUT2D eigenvalue weighted by Gasteiger charge is 2.47.